The van der Waals surface area contributed by atoms with Gasteiger partial charge in [0.1, 0.15) is 11.8 Å². The zero-order valence-corrected chi connectivity index (χ0v) is 17.0. The third kappa shape index (κ3) is 4.15. The minimum absolute atomic E-state index is 0.0560. The van der Waals surface area contributed by atoms with Gasteiger partial charge in [-0.1, -0.05) is 24.3 Å². The molecule has 0 saturated carbocycles. The number of nitro benzene ring substituents is 1. The fourth-order valence-corrected chi connectivity index (χ4v) is 4.02. The Bertz CT molecular complexity index is 942. The van der Waals surface area contributed by atoms with Crippen molar-refractivity contribution < 1.29 is 19.2 Å². The molecule has 0 N–H and O–H groups in total. The molecule has 158 valence electrons. The van der Waals surface area contributed by atoms with Crippen LogP contribution in [0.3, 0.4) is 0 Å². The van der Waals surface area contributed by atoms with Crippen LogP contribution in [0.2, 0.25) is 0 Å². The monoisotopic (exact) mass is 411 g/mol. The molecule has 2 saturated heterocycles. The van der Waals surface area contributed by atoms with E-state index in [1.165, 1.54) is 6.07 Å². The van der Waals surface area contributed by atoms with Crippen molar-refractivity contribution in [1.29, 1.82) is 0 Å². The first-order valence-electron chi connectivity index (χ1n) is 10.1. The number of hydrogen-bond acceptors (Lipinski definition) is 6. The zero-order valence-electron chi connectivity index (χ0n) is 17.0. The molecule has 0 bridgehead atoms. The predicted molar refractivity (Wildman–Crippen MR) is 112 cm³/mol. The predicted octanol–water partition coefficient (Wildman–Crippen LogP) is 2.95. The Balaban J connectivity index is 1.59. The highest BCUT2D eigenvalue weighted by molar-refractivity contribution is 5.96. The number of benzene rings is 2. The molecule has 0 aliphatic carbocycles. The quantitative estimate of drug-likeness (QED) is 0.568. The van der Waals surface area contributed by atoms with Gasteiger partial charge in [0, 0.05) is 37.8 Å². The number of nitro groups is 1. The molecule has 1 unspecified atom stereocenters. The first kappa shape index (κ1) is 20.3. The van der Waals surface area contributed by atoms with E-state index >= 15 is 0 Å². The molecule has 1 amide bonds. The highest BCUT2D eigenvalue weighted by Crippen LogP contribution is 2.34. The molecule has 2 aliphatic heterocycles. The Morgan fingerprint density at radius 3 is 2.60 bits per heavy atom. The Morgan fingerprint density at radius 1 is 1.10 bits per heavy atom. The smallest absolute Gasteiger partial charge is 0.293 e. The van der Waals surface area contributed by atoms with Gasteiger partial charge < -0.3 is 19.3 Å². The van der Waals surface area contributed by atoms with Gasteiger partial charge in [-0.25, -0.2) is 0 Å². The molecule has 2 aromatic carbocycles. The van der Waals surface area contributed by atoms with E-state index in [1.807, 2.05) is 36.1 Å². The number of aryl methyl sites for hydroxylation is 1. The second-order valence-electron chi connectivity index (χ2n) is 7.53. The number of carbonyl (C=O) groups is 1. The number of carbonyl (C=O) groups excluding carboxylic acids is 1. The summed E-state index contributed by atoms with van der Waals surface area (Å²) in [5, 5.41) is 11.8. The summed E-state index contributed by atoms with van der Waals surface area (Å²) in [6.07, 6.45) is -0.158. The van der Waals surface area contributed by atoms with Gasteiger partial charge >= 0.3 is 0 Å². The highest BCUT2D eigenvalue weighted by Gasteiger charge is 2.29. The van der Waals surface area contributed by atoms with Gasteiger partial charge in [-0.2, -0.15) is 0 Å². The maximum absolute atomic E-state index is 12.8. The van der Waals surface area contributed by atoms with Gasteiger partial charge in [-0.15, -0.1) is 0 Å². The van der Waals surface area contributed by atoms with Crippen molar-refractivity contribution in [3.05, 3.63) is 69.3 Å². The molecular formula is C22H25N3O5. The molecular weight excluding hydrogens is 386 g/mol. The number of morpholine rings is 2. The van der Waals surface area contributed by atoms with Gasteiger partial charge in [-0.05, 0) is 30.2 Å². The van der Waals surface area contributed by atoms with Crippen LogP contribution in [0.25, 0.3) is 0 Å². The Labute approximate surface area is 175 Å². The van der Waals surface area contributed by atoms with Crippen molar-refractivity contribution in [1.82, 2.24) is 4.90 Å². The molecule has 0 radical (unpaired) electrons. The highest BCUT2D eigenvalue weighted by atomic mass is 16.6. The number of anilines is 1. The normalized spacial score (nSPS) is 19.6. The first-order chi connectivity index (χ1) is 14.5. The van der Waals surface area contributed by atoms with Crippen molar-refractivity contribution in [2.75, 3.05) is 50.9 Å². The van der Waals surface area contributed by atoms with Gasteiger partial charge in [-0.3, -0.25) is 14.9 Å². The lowest BCUT2D eigenvalue weighted by atomic mass is 10.0. The average molecular weight is 411 g/mol. The van der Waals surface area contributed by atoms with Crippen LogP contribution < -0.4 is 4.90 Å². The van der Waals surface area contributed by atoms with Crippen molar-refractivity contribution in [2.45, 2.75) is 13.0 Å². The van der Waals surface area contributed by atoms with E-state index in [0.29, 0.717) is 57.3 Å². The lowest BCUT2D eigenvalue weighted by molar-refractivity contribution is -0.384. The van der Waals surface area contributed by atoms with Crippen LogP contribution in [0, 0.1) is 17.0 Å². The third-order valence-corrected chi connectivity index (χ3v) is 5.66. The summed E-state index contributed by atoms with van der Waals surface area (Å²) in [5.74, 6) is -0.201. The van der Waals surface area contributed by atoms with Crippen molar-refractivity contribution in [2.24, 2.45) is 0 Å². The molecule has 2 aliphatic rings. The second kappa shape index (κ2) is 8.81. The molecule has 0 spiro atoms. The molecule has 4 rings (SSSR count). The second-order valence-corrected chi connectivity index (χ2v) is 7.53. The van der Waals surface area contributed by atoms with Crippen molar-refractivity contribution in [3.8, 4) is 0 Å². The van der Waals surface area contributed by atoms with Crippen LogP contribution in [0.4, 0.5) is 11.4 Å². The molecule has 8 nitrogen and oxygen atoms in total. The molecule has 2 heterocycles. The van der Waals surface area contributed by atoms with E-state index in [9.17, 15) is 14.9 Å². The SMILES string of the molecule is Cc1ccccc1C1CN(c2ccc(C(=O)N3CCOCC3)cc2[N+](=O)[O-])CCO1. The Kier molecular flexibility index (Phi) is 5.96. The summed E-state index contributed by atoms with van der Waals surface area (Å²) < 4.78 is 11.2. The summed E-state index contributed by atoms with van der Waals surface area (Å²) in [7, 11) is 0. The standard InChI is InChI=1S/C22H25N3O5/c1-16-4-2-3-5-18(16)21-15-24(10-13-30-21)19-7-6-17(14-20(19)25(27)28)22(26)23-8-11-29-12-9-23/h2-7,14,21H,8-13,15H2,1H3. The summed E-state index contributed by atoms with van der Waals surface area (Å²) >= 11 is 0. The van der Waals surface area contributed by atoms with Crippen LogP contribution >= 0.6 is 0 Å². The molecule has 2 aromatic rings. The Hall–Kier alpha value is -2.97. The number of rotatable bonds is 4. The maximum Gasteiger partial charge on any atom is 0.293 e. The number of amides is 1. The van der Waals surface area contributed by atoms with E-state index < -0.39 is 4.92 Å². The van der Waals surface area contributed by atoms with Crippen molar-refractivity contribution in [3.63, 3.8) is 0 Å². The number of ether oxygens (including phenoxy) is 2. The van der Waals surface area contributed by atoms with Gasteiger partial charge in [0.25, 0.3) is 11.6 Å². The minimum Gasteiger partial charge on any atom is -0.378 e. The van der Waals surface area contributed by atoms with Gasteiger partial charge in [0.2, 0.25) is 0 Å². The lowest BCUT2D eigenvalue weighted by Crippen LogP contribution is -2.41. The molecule has 1 atom stereocenters. The van der Waals surface area contributed by atoms with Crippen LogP contribution in [-0.2, 0) is 9.47 Å². The summed E-state index contributed by atoms with van der Waals surface area (Å²) in [5.41, 5.74) is 3.00. The van der Waals surface area contributed by atoms with E-state index in [2.05, 4.69) is 0 Å². The minimum atomic E-state index is -0.413. The van der Waals surface area contributed by atoms with Crippen LogP contribution in [0.1, 0.15) is 27.6 Å². The largest absolute Gasteiger partial charge is 0.378 e. The number of hydrogen-bond donors (Lipinski definition) is 0. The Morgan fingerprint density at radius 2 is 1.87 bits per heavy atom. The van der Waals surface area contributed by atoms with Crippen LogP contribution in [0.5, 0.6) is 0 Å². The summed E-state index contributed by atoms with van der Waals surface area (Å²) in [6.45, 7) is 5.55. The molecule has 2 fully saturated rings. The summed E-state index contributed by atoms with van der Waals surface area (Å²) in [4.78, 5) is 27.8. The van der Waals surface area contributed by atoms with Gasteiger partial charge in [0.15, 0.2) is 0 Å². The van der Waals surface area contributed by atoms with Crippen LogP contribution in [0.15, 0.2) is 42.5 Å². The maximum atomic E-state index is 12.8. The van der Waals surface area contributed by atoms with Gasteiger partial charge in [0.05, 0.1) is 24.7 Å². The molecule has 30 heavy (non-hydrogen) atoms. The van der Waals surface area contributed by atoms with E-state index in [4.69, 9.17) is 9.47 Å². The average Bonchev–Trinajstić information content (AvgIpc) is 2.79. The van der Waals surface area contributed by atoms with E-state index in [0.717, 1.165) is 11.1 Å². The van der Waals surface area contributed by atoms with Crippen molar-refractivity contribution >= 4 is 17.3 Å². The lowest BCUT2D eigenvalue weighted by Gasteiger charge is -2.35. The van der Waals surface area contributed by atoms with E-state index in [-0.39, 0.29) is 17.7 Å². The summed E-state index contributed by atoms with van der Waals surface area (Å²) in [6, 6.07) is 12.8. The molecule has 8 heteroatoms. The zero-order chi connectivity index (χ0) is 21.1. The first-order valence-corrected chi connectivity index (χ1v) is 10.1. The van der Waals surface area contributed by atoms with Crippen LogP contribution in [-0.4, -0.2) is 61.7 Å². The molecule has 0 aromatic heterocycles. The number of nitrogens with zero attached hydrogens (tertiary/aromatic N) is 3. The third-order valence-electron chi connectivity index (χ3n) is 5.66. The fraction of sp³-hybridized carbons (Fsp3) is 0.409. The topological polar surface area (TPSA) is 85.2 Å². The van der Waals surface area contributed by atoms with E-state index in [1.54, 1.807) is 17.0 Å². The fourth-order valence-electron chi connectivity index (χ4n) is 4.02.